The molecule has 1 rings (SSSR count). The van der Waals surface area contributed by atoms with E-state index in [-0.39, 0.29) is 0 Å². The smallest absolute Gasteiger partial charge is 0.159 e. The Morgan fingerprint density at radius 1 is 1.60 bits per heavy atom. The van der Waals surface area contributed by atoms with Crippen LogP contribution in [-0.2, 0) is 9.84 Å². The van der Waals surface area contributed by atoms with E-state index in [9.17, 15) is 8.42 Å². The van der Waals surface area contributed by atoms with Crippen LogP contribution in [0.5, 0.6) is 0 Å². The average Bonchev–Trinajstić information content (AvgIpc) is 2.11. The Hall–Kier alpha value is -0.640. The van der Waals surface area contributed by atoms with Crippen LogP contribution in [-0.4, -0.2) is 26.1 Å². The lowest BCUT2D eigenvalue weighted by Gasteiger charge is -2.03. The van der Waals surface area contributed by atoms with Crippen LogP contribution in [0, 0.1) is 0 Å². The highest BCUT2D eigenvalue weighted by atomic mass is 32.2. The third-order valence-electron chi connectivity index (χ3n) is 1.41. The molecular weight excluding hydrogens is 150 g/mol. The van der Waals surface area contributed by atoms with Crippen LogP contribution in [0.25, 0.3) is 0 Å². The molecule has 0 aromatic rings. The molecular formula is C6H9NO2S. The molecule has 4 heteroatoms. The van der Waals surface area contributed by atoms with Gasteiger partial charge in [-0.25, -0.2) is 8.42 Å². The molecule has 1 atom stereocenters. The minimum Gasteiger partial charge on any atom is -0.267 e. The van der Waals surface area contributed by atoms with Crippen LogP contribution < -0.4 is 0 Å². The van der Waals surface area contributed by atoms with Gasteiger partial charge in [0.1, 0.15) is 5.25 Å². The first-order chi connectivity index (χ1) is 4.52. The lowest BCUT2D eigenvalue weighted by Crippen LogP contribution is -2.20. The van der Waals surface area contributed by atoms with E-state index in [4.69, 9.17) is 0 Å². The summed E-state index contributed by atoms with van der Waals surface area (Å²) in [7, 11) is -2.97. The summed E-state index contributed by atoms with van der Waals surface area (Å²) in [6, 6.07) is 0. The summed E-state index contributed by atoms with van der Waals surface area (Å²) >= 11 is 0. The van der Waals surface area contributed by atoms with Crippen molar-refractivity contribution in [1.29, 1.82) is 0 Å². The SMILES string of the molecule is CC1=CN=CC1S(C)(=O)=O. The minimum atomic E-state index is -2.97. The molecule has 10 heavy (non-hydrogen) atoms. The zero-order chi connectivity index (χ0) is 7.78. The number of nitrogens with zero attached hydrogens (tertiary/aromatic N) is 1. The molecule has 0 aromatic carbocycles. The molecule has 0 radical (unpaired) electrons. The van der Waals surface area contributed by atoms with Crippen molar-refractivity contribution in [1.82, 2.24) is 0 Å². The van der Waals surface area contributed by atoms with Crippen LogP contribution in [0.4, 0.5) is 0 Å². The highest BCUT2D eigenvalue weighted by Gasteiger charge is 2.22. The van der Waals surface area contributed by atoms with Gasteiger partial charge in [-0.15, -0.1) is 0 Å². The fraction of sp³-hybridized carbons (Fsp3) is 0.500. The van der Waals surface area contributed by atoms with E-state index in [1.54, 1.807) is 13.1 Å². The molecule has 0 aromatic heterocycles. The van der Waals surface area contributed by atoms with Crippen molar-refractivity contribution in [2.45, 2.75) is 12.2 Å². The van der Waals surface area contributed by atoms with E-state index in [1.165, 1.54) is 12.5 Å². The number of hydrogen-bond acceptors (Lipinski definition) is 3. The van der Waals surface area contributed by atoms with Gasteiger partial charge in [-0.2, -0.15) is 0 Å². The van der Waals surface area contributed by atoms with E-state index in [2.05, 4.69) is 4.99 Å². The maximum absolute atomic E-state index is 10.9. The van der Waals surface area contributed by atoms with Crippen LogP contribution in [0.2, 0.25) is 0 Å². The van der Waals surface area contributed by atoms with Crippen LogP contribution >= 0.6 is 0 Å². The predicted octanol–water partition coefficient (Wildman–Crippen LogP) is 0.388. The molecule has 0 N–H and O–H groups in total. The fourth-order valence-electron chi connectivity index (χ4n) is 0.878. The van der Waals surface area contributed by atoms with Crippen LogP contribution in [0.3, 0.4) is 0 Å². The number of rotatable bonds is 1. The van der Waals surface area contributed by atoms with Gasteiger partial charge in [0.25, 0.3) is 0 Å². The maximum atomic E-state index is 10.9. The second kappa shape index (κ2) is 2.20. The molecule has 0 bridgehead atoms. The molecule has 1 heterocycles. The molecule has 1 aliphatic heterocycles. The van der Waals surface area contributed by atoms with Crippen molar-refractivity contribution in [2.24, 2.45) is 4.99 Å². The largest absolute Gasteiger partial charge is 0.267 e. The first-order valence-electron chi connectivity index (χ1n) is 2.90. The normalized spacial score (nSPS) is 25.0. The highest BCUT2D eigenvalue weighted by Crippen LogP contribution is 2.13. The van der Waals surface area contributed by atoms with Crippen molar-refractivity contribution >= 4 is 16.1 Å². The van der Waals surface area contributed by atoms with Gasteiger partial charge in [-0.1, -0.05) is 0 Å². The summed E-state index contributed by atoms with van der Waals surface area (Å²) in [6.45, 7) is 1.76. The number of aliphatic imine (C=N–C) groups is 1. The van der Waals surface area contributed by atoms with Crippen molar-refractivity contribution in [3.05, 3.63) is 11.8 Å². The molecule has 1 aliphatic rings. The van der Waals surface area contributed by atoms with Gasteiger partial charge in [0.2, 0.25) is 0 Å². The summed E-state index contributed by atoms with van der Waals surface area (Å²) < 4.78 is 21.8. The van der Waals surface area contributed by atoms with Crippen molar-refractivity contribution in [3.63, 3.8) is 0 Å². The van der Waals surface area contributed by atoms with Gasteiger partial charge in [0.15, 0.2) is 9.84 Å². The Balaban J connectivity index is 2.98. The second-order valence-electron chi connectivity index (χ2n) is 2.42. The van der Waals surface area contributed by atoms with E-state index >= 15 is 0 Å². The average molecular weight is 159 g/mol. The summed E-state index contributed by atoms with van der Waals surface area (Å²) in [5, 5.41) is -0.479. The van der Waals surface area contributed by atoms with Gasteiger partial charge < -0.3 is 0 Å². The van der Waals surface area contributed by atoms with E-state index in [0.717, 1.165) is 5.57 Å². The number of hydrogen-bond donors (Lipinski definition) is 0. The predicted molar refractivity (Wildman–Crippen MR) is 40.9 cm³/mol. The Labute approximate surface area is 60.4 Å². The third-order valence-corrected chi connectivity index (χ3v) is 2.83. The van der Waals surface area contributed by atoms with Gasteiger partial charge in [-0.3, -0.25) is 4.99 Å². The monoisotopic (exact) mass is 159 g/mol. The van der Waals surface area contributed by atoms with Crippen molar-refractivity contribution in [3.8, 4) is 0 Å². The van der Waals surface area contributed by atoms with E-state index in [1.807, 2.05) is 0 Å². The Morgan fingerprint density at radius 3 is 2.40 bits per heavy atom. The molecule has 0 spiro atoms. The lowest BCUT2D eigenvalue weighted by atomic mass is 10.3. The van der Waals surface area contributed by atoms with Crippen LogP contribution in [0.15, 0.2) is 16.8 Å². The van der Waals surface area contributed by atoms with E-state index in [0.29, 0.717) is 0 Å². The van der Waals surface area contributed by atoms with Crippen molar-refractivity contribution in [2.75, 3.05) is 6.26 Å². The summed E-state index contributed by atoms with van der Waals surface area (Å²) in [4.78, 5) is 3.75. The standard InChI is InChI=1S/C6H9NO2S/c1-5-3-7-4-6(5)10(2,8)9/h3-4,6H,1-2H3. The summed E-state index contributed by atoms with van der Waals surface area (Å²) in [5.41, 5.74) is 0.794. The lowest BCUT2D eigenvalue weighted by molar-refractivity contribution is 0.601. The molecule has 0 amide bonds. The second-order valence-corrected chi connectivity index (χ2v) is 4.59. The third kappa shape index (κ3) is 1.26. The van der Waals surface area contributed by atoms with Gasteiger partial charge >= 0.3 is 0 Å². The van der Waals surface area contributed by atoms with Gasteiger partial charge in [0.05, 0.1) is 0 Å². The first kappa shape index (κ1) is 7.47. The van der Waals surface area contributed by atoms with Gasteiger partial charge in [-0.05, 0) is 12.5 Å². The van der Waals surface area contributed by atoms with Crippen LogP contribution in [0.1, 0.15) is 6.92 Å². The summed E-state index contributed by atoms with van der Waals surface area (Å²) in [6.07, 6.45) is 4.24. The van der Waals surface area contributed by atoms with E-state index < -0.39 is 15.1 Å². The first-order valence-corrected chi connectivity index (χ1v) is 4.86. The topological polar surface area (TPSA) is 46.5 Å². The molecule has 0 saturated carbocycles. The molecule has 56 valence electrons. The Morgan fingerprint density at radius 2 is 2.20 bits per heavy atom. The molecule has 3 nitrogen and oxygen atoms in total. The zero-order valence-electron chi connectivity index (χ0n) is 5.90. The maximum Gasteiger partial charge on any atom is 0.159 e. The Kier molecular flexibility index (Phi) is 1.64. The molecule has 0 fully saturated rings. The molecule has 0 saturated heterocycles. The quantitative estimate of drug-likeness (QED) is 0.555. The Bertz CT molecular complexity index is 287. The van der Waals surface area contributed by atoms with Crippen molar-refractivity contribution < 1.29 is 8.42 Å². The summed E-state index contributed by atoms with van der Waals surface area (Å²) in [5.74, 6) is 0. The molecule has 0 aliphatic carbocycles. The number of sulfone groups is 1. The minimum absolute atomic E-state index is 0.479. The zero-order valence-corrected chi connectivity index (χ0v) is 6.72. The van der Waals surface area contributed by atoms with Gasteiger partial charge in [0, 0.05) is 18.7 Å². The molecule has 1 unspecified atom stereocenters. The highest BCUT2D eigenvalue weighted by molar-refractivity contribution is 7.92. The fourth-order valence-corrected chi connectivity index (χ4v) is 1.91.